The second-order valence-corrected chi connectivity index (χ2v) is 4.94. The quantitative estimate of drug-likeness (QED) is 0.531. The molecular weight excluding hydrogens is 299 g/mol. The second kappa shape index (κ2) is 5.88. The van der Waals surface area contributed by atoms with Crippen LogP contribution in [-0.2, 0) is 4.74 Å². The number of thiophene rings is 1. The Labute approximate surface area is 123 Å². The first-order valence-corrected chi connectivity index (χ1v) is 6.82. The van der Waals surface area contributed by atoms with Gasteiger partial charge in [0.2, 0.25) is 5.82 Å². The zero-order valence-electron chi connectivity index (χ0n) is 11.0. The Morgan fingerprint density at radius 1 is 1.52 bits per heavy atom. The van der Waals surface area contributed by atoms with E-state index in [4.69, 9.17) is 10.5 Å². The predicted octanol–water partition coefficient (Wildman–Crippen LogP) is 3.22. The summed E-state index contributed by atoms with van der Waals surface area (Å²) in [5.41, 5.74) is 5.95. The molecule has 6 nitrogen and oxygen atoms in total. The maximum Gasteiger partial charge on any atom is 0.341 e. The molecule has 110 valence electrons. The molecule has 2 aromatic rings. The number of nitro groups is 1. The van der Waals surface area contributed by atoms with Crippen LogP contribution in [-0.4, -0.2) is 17.5 Å². The smallest absolute Gasteiger partial charge is 0.341 e. The van der Waals surface area contributed by atoms with E-state index in [1.54, 1.807) is 12.3 Å². The fourth-order valence-electron chi connectivity index (χ4n) is 1.82. The number of nitrogens with two attached hydrogens (primary N) is 1. The third-order valence-corrected chi connectivity index (χ3v) is 3.56. The Kier molecular flexibility index (Phi) is 4.18. The summed E-state index contributed by atoms with van der Waals surface area (Å²) in [6.07, 6.45) is 0. The predicted molar refractivity (Wildman–Crippen MR) is 76.7 cm³/mol. The number of esters is 1. The molecule has 2 N–H and O–H groups in total. The highest BCUT2D eigenvalue weighted by Gasteiger charge is 2.22. The van der Waals surface area contributed by atoms with Crippen LogP contribution in [0.4, 0.5) is 15.1 Å². The van der Waals surface area contributed by atoms with Gasteiger partial charge < -0.3 is 10.5 Å². The van der Waals surface area contributed by atoms with Gasteiger partial charge in [0.1, 0.15) is 10.6 Å². The molecule has 0 amide bonds. The number of nitro benzene ring substituents is 1. The first-order chi connectivity index (χ1) is 9.95. The molecule has 0 fully saturated rings. The van der Waals surface area contributed by atoms with Crippen LogP contribution in [0.25, 0.3) is 11.1 Å². The Balaban J connectivity index is 2.55. The molecule has 1 aromatic heterocycles. The van der Waals surface area contributed by atoms with E-state index in [0.29, 0.717) is 11.1 Å². The molecule has 2 rings (SSSR count). The van der Waals surface area contributed by atoms with Gasteiger partial charge in [-0.1, -0.05) is 6.07 Å². The monoisotopic (exact) mass is 310 g/mol. The van der Waals surface area contributed by atoms with E-state index >= 15 is 0 Å². The summed E-state index contributed by atoms with van der Waals surface area (Å²) in [6, 6.07) is 3.41. The zero-order chi connectivity index (χ0) is 15.6. The van der Waals surface area contributed by atoms with E-state index in [2.05, 4.69) is 0 Å². The summed E-state index contributed by atoms with van der Waals surface area (Å²) in [5, 5.41) is 12.6. The molecule has 0 spiro atoms. The van der Waals surface area contributed by atoms with Crippen LogP contribution < -0.4 is 5.73 Å². The van der Waals surface area contributed by atoms with Gasteiger partial charge in [0.15, 0.2) is 0 Å². The molecule has 1 aromatic carbocycles. The molecular formula is C13H11FN2O4S. The van der Waals surface area contributed by atoms with Crippen molar-refractivity contribution in [1.29, 1.82) is 0 Å². The molecule has 0 radical (unpaired) electrons. The van der Waals surface area contributed by atoms with Gasteiger partial charge >= 0.3 is 11.7 Å². The van der Waals surface area contributed by atoms with Crippen LogP contribution >= 0.6 is 11.3 Å². The van der Waals surface area contributed by atoms with E-state index in [0.717, 1.165) is 23.5 Å². The highest BCUT2D eigenvalue weighted by atomic mass is 32.1. The second-order valence-electron chi connectivity index (χ2n) is 4.03. The number of hydrogen-bond acceptors (Lipinski definition) is 6. The number of ether oxygens (including phenoxy) is 1. The van der Waals surface area contributed by atoms with E-state index in [9.17, 15) is 19.3 Å². The highest BCUT2D eigenvalue weighted by molar-refractivity contribution is 7.14. The Morgan fingerprint density at radius 3 is 2.86 bits per heavy atom. The number of nitrogens with zero attached hydrogens (tertiary/aromatic N) is 1. The SMILES string of the molecule is CCOC(=O)c1c(-c2ccc(F)c([N+](=O)[O-])c2)csc1N. The van der Waals surface area contributed by atoms with Gasteiger partial charge in [-0.2, -0.15) is 4.39 Å². The lowest BCUT2D eigenvalue weighted by molar-refractivity contribution is -0.387. The number of anilines is 1. The molecule has 0 bridgehead atoms. The molecule has 0 saturated carbocycles. The number of nitrogen functional groups attached to an aromatic ring is 1. The van der Waals surface area contributed by atoms with Crippen molar-refractivity contribution in [3.05, 3.63) is 45.1 Å². The number of hydrogen-bond donors (Lipinski definition) is 1. The minimum absolute atomic E-state index is 0.141. The fraction of sp³-hybridized carbons (Fsp3) is 0.154. The van der Waals surface area contributed by atoms with Crippen LogP contribution in [0.5, 0.6) is 0 Å². The van der Waals surface area contributed by atoms with Crippen LogP contribution in [0.3, 0.4) is 0 Å². The van der Waals surface area contributed by atoms with Crippen molar-refractivity contribution in [3.8, 4) is 11.1 Å². The summed E-state index contributed by atoms with van der Waals surface area (Å²) in [4.78, 5) is 21.9. The van der Waals surface area contributed by atoms with Crippen molar-refractivity contribution in [1.82, 2.24) is 0 Å². The summed E-state index contributed by atoms with van der Waals surface area (Å²) >= 11 is 1.11. The van der Waals surface area contributed by atoms with Crippen LogP contribution in [0.15, 0.2) is 23.6 Å². The normalized spacial score (nSPS) is 10.4. The van der Waals surface area contributed by atoms with Gasteiger partial charge in [0, 0.05) is 17.0 Å². The number of halogens is 1. The third-order valence-electron chi connectivity index (χ3n) is 2.75. The van der Waals surface area contributed by atoms with E-state index in [-0.39, 0.29) is 17.2 Å². The van der Waals surface area contributed by atoms with Gasteiger partial charge in [-0.15, -0.1) is 11.3 Å². The van der Waals surface area contributed by atoms with Gasteiger partial charge in [-0.05, 0) is 18.6 Å². The summed E-state index contributed by atoms with van der Waals surface area (Å²) in [6.45, 7) is 1.83. The van der Waals surface area contributed by atoms with Crippen LogP contribution in [0.1, 0.15) is 17.3 Å². The number of carbonyl (C=O) groups is 1. The van der Waals surface area contributed by atoms with Gasteiger partial charge in [-0.25, -0.2) is 4.79 Å². The van der Waals surface area contributed by atoms with E-state index in [1.807, 2.05) is 0 Å². The standard InChI is InChI=1S/C13H11FN2O4S/c1-2-20-13(17)11-8(6-21-12(11)15)7-3-4-9(14)10(5-7)16(18)19/h3-6H,2,15H2,1H3. The first kappa shape index (κ1) is 14.9. The molecule has 0 saturated heterocycles. The number of rotatable bonds is 4. The van der Waals surface area contributed by atoms with Gasteiger partial charge in [0.25, 0.3) is 0 Å². The molecule has 0 aliphatic rings. The Bertz CT molecular complexity index is 714. The topological polar surface area (TPSA) is 95.5 Å². The van der Waals surface area contributed by atoms with Crippen molar-refractivity contribution in [2.45, 2.75) is 6.92 Å². The van der Waals surface area contributed by atoms with Crippen molar-refractivity contribution in [2.75, 3.05) is 12.3 Å². The van der Waals surface area contributed by atoms with Crippen molar-refractivity contribution < 1.29 is 18.8 Å². The average molecular weight is 310 g/mol. The maximum absolute atomic E-state index is 13.4. The third kappa shape index (κ3) is 2.84. The number of benzene rings is 1. The Morgan fingerprint density at radius 2 is 2.24 bits per heavy atom. The zero-order valence-corrected chi connectivity index (χ0v) is 11.8. The molecule has 0 atom stereocenters. The summed E-state index contributed by atoms with van der Waals surface area (Å²) in [5.74, 6) is -1.55. The summed E-state index contributed by atoms with van der Waals surface area (Å²) in [7, 11) is 0. The van der Waals surface area contributed by atoms with E-state index < -0.39 is 22.4 Å². The molecule has 0 aliphatic heterocycles. The molecule has 1 heterocycles. The van der Waals surface area contributed by atoms with Crippen molar-refractivity contribution in [3.63, 3.8) is 0 Å². The largest absolute Gasteiger partial charge is 0.462 e. The Hall–Kier alpha value is -2.48. The molecule has 21 heavy (non-hydrogen) atoms. The van der Waals surface area contributed by atoms with Gasteiger partial charge in [-0.3, -0.25) is 10.1 Å². The lowest BCUT2D eigenvalue weighted by Gasteiger charge is -2.05. The molecule has 0 aliphatic carbocycles. The number of carbonyl (C=O) groups excluding carboxylic acids is 1. The van der Waals surface area contributed by atoms with Crippen LogP contribution in [0.2, 0.25) is 0 Å². The molecule has 8 heteroatoms. The van der Waals surface area contributed by atoms with E-state index in [1.165, 1.54) is 6.07 Å². The lowest BCUT2D eigenvalue weighted by Crippen LogP contribution is -2.07. The fourth-order valence-corrected chi connectivity index (χ4v) is 2.63. The maximum atomic E-state index is 13.4. The average Bonchev–Trinajstić information content (AvgIpc) is 2.81. The van der Waals surface area contributed by atoms with Crippen LogP contribution in [0, 0.1) is 15.9 Å². The van der Waals surface area contributed by atoms with Gasteiger partial charge in [0.05, 0.1) is 11.5 Å². The minimum Gasteiger partial charge on any atom is -0.462 e. The minimum atomic E-state index is -0.940. The first-order valence-electron chi connectivity index (χ1n) is 5.94. The van der Waals surface area contributed by atoms with Crippen molar-refractivity contribution in [2.24, 2.45) is 0 Å². The molecule has 0 unspecified atom stereocenters. The lowest BCUT2D eigenvalue weighted by atomic mass is 10.0. The summed E-state index contributed by atoms with van der Waals surface area (Å²) < 4.78 is 18.3. The highest BCUT2D eigenvalue weighted by Crippen LogP contribution is 2.36. The van der Waals surface area contributed by atoms with Crippen molar-refractivity contribution >= 4 is 28.0 Å².